The number of unbranched alkanes of at least 4 members (excludes halogenated alkanes) is 26. The number of aliphatic hydroxyl groups excluding tert-OH is 4. The number of carbonyl (C=O) groups excluding carboxylic acids is 2. The quantitative estimate of drug-likeness (QED) is 0.0266. The monoisotopic (exact) mass is 839 g/mol. The average molecular weight is 839 g/mol. The SMILES string of the molecule is CCCCCC/C=C\C/C=C\CCCCCCCCCC(=O)OC(COC(=O)CCCCCCCCCCCCCCCCCC)COC1OC(CO)C(O)C(O)C1O. The number of esters is 2. The number of aliphatic hydroxyl groups is 4. The maximum absolute atomic E-state index is 12.8. The Labute approximate surface area is 360 Å². The third kappa shape index (κ3) is 31.7. The number of carbonyl (C=O) groups is 2. The van der Waals surface area contributed by atoms with Gasteiger partial charge in [-0.15, -0.1) is 0 Å². The molecule has 1 saturated heterocycles. The van der Waals surface area contributed by atoms with Gasteiger partial charge in [-0.2, -0.15) is 0 Å². The van der Waals surface area contributed by atoms with Crippen molar-refractivity contribution in [2.75, 3.05) is 19.8 Å². The molecule has 0 aliphatic carbocycles. The van der Waals surface area contributed by atoms with Gasteiger partial charge in [-0.1, -0.05) is 186 Å². The fourth-order valence-corrected chi connectivity index (χ4v) is 7.45. The van der Waals surface area contributed by atoms with Gasteiger partial charge in [0.05, 0.1) is 13.2 Å². The maximum Gasteiger partial charge on any atom is 0.306 e. The van der Waals surface area contributed by atoms with Crippen molar-refractivity contribution in [3.63, 3.8) is 0 Å². The number of hydrogen-bond donors (Lipinski definition) is 4. The summed E-state index contributed by atoms with van der Waals surface area (Å²) in [5.74, 6) is -0.805. The first kappa shape index (κ1) is 55.2. The van der Waals surface area contributed by atoms with Crippen LogP contribution >= 0.6 is 0 Å². The highest BCUT2D eigenvalue weighted by atomic mass is 16.7. The first-order valence-corrected chi connectivity index (χ1v) is 24.4. The van der Waals surface area contributed by atoms with E-state index >= 15 is 0 Å². The molecule has 0 aromatic carbocycles. The predicted octanol–water partition coefficient (Wildman–Crippen LogP) is 10.9. The van der Waals surface area contributed by atoms with Gasteiger partial charge in [0.2, 0.25) is 0 Å². The first-order chi connectivity index (χ1) is 28.8. The van der Waals surface area contributed by atoms with Crippen LogP contribution in [-0.2, 0) is 28.5 Å². The van der Waals surface area contributed by atoms with Crippen molar-refractivity contribution in [2.24, 2.45) is 0 Å². The molecular formula is C49H90O10. The van der Waals surface area contributed by atoms with E-state index in [4.69, 9.17) is 18.9 Å². The van der Waals surface area contributed by atoms with E-state index in [0.717, 1.165) is 51.4 Å². The summed E-state index contributed by atoms with van der Waals surface area (Å²) in [4.78, 5) is 25.4. The predicted molar refractivity (Wildman–Crippen MR) is 238 cm³/mol. The van der Waals surface area contributed by atoms with Crippen LogP contribution < -0.4 is 0 Å². The maximum atomic E-state index is 12.8. The Balaban J connectivity index is 2.29. The van der Waals surface area contributed by atoms with Crippen molar-refractivity contribution in [1.82, 2.24) is 0 Å². The molecule has 59 heavy (non-hydrogen) atoms. The van der Waals surface area contributed by atoms with Crippen LogP contribution in [0.3, 0.4) is 0 Å². The van der Waals surface area contributed by atoms with Crippen LogP contribution in [0.2, 0.25) is 0 Å². The van der Waals surface area contributed by atoms with Gasteiger partial charge in [0.1, 0.15) is 31.0 Å². The van der Waals surface area contributed by atoms with Gasteiger partial charge in [-0.05, 0) is 44.9 Å². The van der Waals surface area contributed by atoms with Crippen LogP contribution in [0.15, 0.2) is 24.3 Å². The summed E-state index contributed by atoms with van der Waals surface area (Å²) in [6.45, 7) is 3.43. The van der Waals surface area contributed by atoms with E-state index in [0.29, 0.717) is 6.42 Å². The fraction of sp³-hybridized carbons (Fsp3) is 0.878. The second-order valence-electron chi connectivity index (χ2n) is 16.9. The van der Waals surface area contributed by atoms with Crippen molar-refractivity contribution in [3.8, 4) is 0 Å². The largest absolute Gasteiger partial charge is 0.462 e. The lowest BCUT2D eigenvalue weighted by Crippen LogP contribution is -2.59. The lowest BCUT2D eigenvalue weighted by Gasteiger charge is -2.39. The molecule has 0 spiro atoms. The highest BCUT2D eigenvalue weighted by molar-refractivity contribution is 5.70. The van der Waals surface area contributed by atoms with Gasteiger partial charge in [-0.3, -0.25) is 9.59 Å². The molecule has 0 radical (unpaired) electrons. The molecule has 0 aromatic rings. The molecule has 0 saturated carbocycles. The zero-order valence-corrected chi connectivity index (χ0v) is 37.8. The molecule has 0 bridgehead atoms. The molecular weight excluding hydrogens is 749 g/mol. The molecule has 346 valence electrons. The molecule has 1 rings (SSSR count). The van der Waals surface area contributed by atoms with E-state index in [1.807, 2.05) is 0 Å². The van der Waals surface area contributed by atoms with Gasteiger partial charge >= 0.3 is 11.9 Å². The summed E-state index contributed by atoms with van der Waals surface area (Å²) in [6, 6.07) is 0. The lowest BCUT2D eigenvalue weighted by molar-refractivity contribution is -0.305. The van der Waals surface area contributed by atoms with Gasteiger partial charge in [0.25, 0.3) is 0 Å². The third-order valence-electron chi connectivity index (χ3n) is 11.3. The lowest BCUT2D eigenvalue weighted by atomic mass is 9.99. The summed E-state index contributed by atoms with van der Waals surface area (Å²) in [6.07, 6.45) is 37.5. The Kier molecular flexibility index (Phi) is 37.7. The molecule has 0 amide bonds. The van der Waals surface area contributed by atoms with Crippen LogP contribution in [-0.4, -0.2) is 89.0 Å². The minimum Gasteiger partial charge on any atom is -0.462 e. The highest BCUT2D eigenvalue weighted by Gasteiger charge is 2.44. The van der Waals surface area contributed by atoms with E-state index in [2.05, 4.69) is 38.2 Å². The summed E-state index contributed by atoms with van der Waals surface area (Å²) < 4.78 is 22.2. The summed E-state index contributed by atoms with van der Waals surface area (Å²) in [5, 5.41) is 40.1. The summed E-state index contributed by atoms with van der Waals surface area (Å²) in [5.41, 5.74) is 0. The fourth-order valence-electron chi connectivity index (χ4n) is 7.45. The van der Waals surface area contributed by atoms with Crippen molar-refractivity contribution in [2.45, 2.75) is 256 Å². The van der Waals surface area contributed by atoms with E-state index in [1.165, 1.54) is 135 Å². The second kappa shape index (κ2) is 40.3. The molecule has 1 aliphatic rings. The minimum absolute atomic E-state index is 0.216. The number of ether oxygens (including phenoxy) is 4. The van der Waals surface area contributed by atoms with E-state index in [1.54, 1.807) is 0 Å². The van der Waals surface area contributed by atoms with Gasteiger partial charge in [-0.25, -0.2) is 0 Å². The molecule has 1 aliphatic heterocycles. The molecule has 4 N–H and O–H groups in total. The number of hydrogen-bond acceptors (Lipinski definition) is 10. The van der Waals surface area contributed by atoms with Crippen LogP contribution in [0.1, 0.15) is 219 Å². The molecule has 1 heterocycles. The molecule has 1 fully saturated rings. The molecule has 6 unspecified atom stereocenters. The Bertz CT molecular complexity index is 1020. The Hall–Kier alpha value is -1.82. The number of allylic oxidation sites excluding steroid dienone is 4. The summed E-state index contributed by atoms with van der Waals surface area (Å²) >= 11 is 0. The Morgan fingerprint density at radius 1 is 0.525 bits per heavy atom. The van der Waals surface area contributed by atoms with E-state index in [9.17, 15) is 30.0 Å². The molecule has 10 heteroatoms. The van der Waals surface area contributed by atoms with Gasteiger partial charge < -0.3 is 39.4 Å². The Morgan fingerprint density at radius 3 is 1.42 bits per heavy atom. The van der Waals surface area contributed by atoms with Crippen LogP contribution in [0.4, 0.5) is 0 Å². The smallest absolute Gasteiger partial charge is 0.306 e. The Morgan fingerprint density at radius 2 is 0.949 bits per heavy atom. The normalized spacial score (nSPS) is 20.1. The molecule has 10 nitrogen and oxygen atoms in total. The van der Waals surface area contributed by atoms with Gasteiger partial charge in [0, 0.05) is 12.8 Å². The molecule has 0 aromatic heterocycles. The second-order valence-corrected chi connectivity index (χ2v) is 16.9. The van der Waals surface area contributed by atoms with E-state index in [-0.39, 0.29) is 32.0 Å². The van der Waals surface area contributed by atoms with Gasteiger partial charge in [0.15, 0.2) is 12.4 Å². The standard InChI is InChI=1S/C49H90O10/c1-3-5-7-9-11-13-15-17-19-21-22-24-26-28-30-32-34-36-38-45(52)58-42(41-57-49-48(55)47(54)46(53)43(39-50)59-49)40-56-44(51)37-35-33-31-29-27-25-23-20-18-16-14-12-10-8-6-4-2/h13,15,19,21,42-43,46-50,53-55H,3-12,14,16-18,20,22-41H2,1-2H3/b15-13-,21-19-. The van der Waals surface area contributed by atoms with Crippen LogP contribution in [0.5, 0.6) is 0 Å². The third-order valence-corrected chi connectivity index (χ3v) is 11.3. The molecule has 6 atom stereocenters. The summed E-state index contributed by atoms with van der Waals surface area (Å²) in [7, 11) is 0. The van der Waals surface area contributed by atoms with Crippen LogP contribution in [0, 0.1) is 0 Å². The van der Waals surface area contributed by atoms with Crippen molar-refractivity contribution >= 4 is 11.9 Å². The highest BCUT2D eigenvalue weighted by Crippen LogP contribution is 2.23. The van der Waals surface area contributed by atoms with Crippen molar-refractivity contribution < 1.29 is 49.0 Å². The minimum atomic E-state index is -1.59. The zero-order chi connectivity index (χ0) is 43.0. The first-order valence-electron chi connectivity index (χ1n) is 24.4. The van der Waals surface area contributed by atoms with Crippen LogP contribution in [0.25, 0.3) is 0 Å². The topological polar surface area (TPSA) is 152 Å². The van der Waals surface area contributed by atoms with E-state index < -0.39 is 49.4 Å². The number of rotatable bonds is 41. The average Bonchev–Trinajstić information content (AvgIpc) is 3.23. The zero-order valence-electron chi connectivity index (χ0n) is 37.8. The van der Waals surface area contributed by atoms with Crippen molar-refractivity contribution in [3.05, 3.63) is 24.3 Å². The van der Waals surface area contributed by atoms with Crippen molar-refractivity contribution in [1.29, 1.82) is 0 Å².